The minimum Gasteiger partial charge on any atom is -0.396 e. The largest absolute Gasteiger partial charge is 0.396 e. The zero-order valence-corrected chi connectivity index (χ0v) is 13.6. The summed E-state index contributed by atoms with van der Waals surface area (Å²) in [7, 11) is 0. The van der Waals surface area contributed by atoms with E-state index in [1.54, 1.807) is 0 Å². The molecule has 0 spiro atoms. The van der Waals surface area contributed by atoms with Gasteiger partial charge in [0.05, 0.1) is 0 Å². The van der Waals surface area contributed by atoms with Crippen molar-refractivity contribution in [2.24, 2.45) is 5.92 Å². The van der Waals surface area contributed by atoms with Crippen LogP contribution in [0.2, 0.25) is 0 Å². The van der Waals surface area contributed by atoms with Crippen molar-refractivity contribution in [3.63, 3.8) is 0 Å². The summed E-state index contributed by atoms with van der Waals surface area (Å²) in [4.78, 5) is 3.43. The highest BCUT2D eigenvalue weighted by atomic mass is 127. The van der Waals surface area contributed by atoms with Gasteiger partial charge in [-0.1, -0.05) is 25.1 Å². The number of aliphatic hydroxyl groups excluding tert-OH is 1. The first kappa shape index (κ1) is 12.9. The van der Waals surface area contributed by atoms with Crippen molar-refractivity contribution in [3.8, 4) is 0 Å². The number of nitrogens with one attached hydrogen (secondary N) is 1. The van der Waals surface area contributed by atoms with Crippen LogP contribution in [-0.2, 0) is 5.41 Å². The van der Waals surface area contributed by atoms with Crippen LogP contribution in [0.1, 0.15) is 36.8 Å². The number of hydrogen-bond acceptors (Lipinski definition) is 1. The first-order chi connectivity index (χ1) is 9.70. The van der Waals surface area contributed by atoms with Gasteiger partial charge < -0.3 is 10.1 Å². The molecule has 2 N–H and O–H groups in total. The number of H-pyrrole nitrogens is 1. The molecule has 0 radical (unpaired) electrons. The summed E-state index contributed by atoms with van der Waals surface area (Å²) in [5.41, 5.74) is 4.31. The summed E-state index contributed by atoms with van der Waals surface area (Å²) in [6.45, 7) is 2.60. The quantitative estimate of drug-likeness (QED) is 0.769. The molecular formula is C17H18INO. The van der Waals surface area contributed by atoms with Crippen LogP contribution in [0.25, 0.3) is 10.9 Å². The molecule has 0 unspecified atom stereocenters. The smallest absolute Gasteiger partial charge is 0.0460 e. The molecule has 1 aromatic heterocycles. The molecule has 0 saturated carbocycles. The molecule has 4 rings (SSSR count). The Morgan fingerprint density at radius 2 is 2.25 bits per heavy atom. The van der Waals surface area contributed by atoms with Gasteiger partial charge in [-0.15, -0.1) is 0 Å². The normalized spacial score (nSPS) is 30.9. The molecule has 0 fully saturated rings. The Labute approximate surface area is 132 Å². The average Bonchev–Trinajstić information content (AvgIpc) is 3.05. The number of rotatable bonds is 3. The molecule has 20 heavy (non-hydrogen) atoms. The molecule has 2 aliphatic rings. The third-order valence-electron chi connectivity index (χ3n) is 5.17. The fourth-order valence-electron chi connectivity index (χ4n) is 4.51. The van der Waals surface area contributed by atoms with E-state index in [1.165, 1.54) is 25.6 Å². The van der Waals surface area contributed by atoms with Crippen molar-refractivity contribution in [1.82, 2.24) is 4.98 Å². The number of fused-ring (bicyclic) bond motifs is 3. The minimum atomic E-state index is 0.113. The number of hydrogen-bond donors (Lipinski definition) is 2. The van der Waals surface area contributed by atoms with Crippen LogP contribution in [0.3, 0.4) is 0 Å². The zero-order valence-electron chi connectivity index (χ0n) is 11.5. The maximum atomic E-state index is 9.33. The van der Waals surface area contributed by atoms with Gasteiger partial charge in [0, 0.05) is 35.0 Å². The number of aromatic amines is 1. The average molecular weight is 379 g/mol. The second kappa shape index (κ2) is 4.34. The van der Waals surface area contributed by atoms with E-state index in [9.17, 15) is 5.11 Å². The lowest BCUT2D eigenvalue weighted by Gasteiger charge is -2.34. The highest BCUT2D eigenvalue weighted by molar-refractivity contribution is 14.1. The minimum absolute atomic E-state index is 0.113. The van der Waals surface area contributed by atoms with Crippen molar-refractivity contribution in [2.45, 2.75) is 31.1 Å². The third-order valence-corrected chi connectivity index (χ3v) is 6.50. The van der Waals surface area contributed by atoms with Gasteiger partial charge in [-0.05, 0) is 62.1 Å². The number of halogens is 1. The summed E-state index contributed by atoms with van der Waals surface area (Å²) < 4.78 is 1.46. The van der Waals surface area contributed by atoms with Crippen LogP contribution in [0.15, 0.2) is 34.1 Å². The van der Waals surface area contributed by atoms with Gasteiger partial charge in [0.1, 0.15) is 0 Å². The molecule has 0 aliphatic heterocycles. The molecular weight excluding hydrogens is 361 g/mol. The van der Waals surface area contributed by atoms with Gasteiger partial charge >= 0.3 is 0 Å². The molecule has 3 heteroatoms. The molecule has 0 saturated heterocycles. The maximum absolute atomic E-state index is 9.33. The van der Waals surface area contributed by atoms with E-state index in [1.807, 2.05) is 0 Å². The Kier molecular flexibility index (Phi) is 2.80. The lowest BCUT2D eigenvalue weighted by Crippen LogP contribution is -2.29. The Morgan fingerprint density at radius 1 is 1.40 bits per heavy atom. The molecule has 1 aromatic carbocycles. The summed E-state index contributed by atoms with van der Waals surface area (Å²) >= 11 is 2.53. The van der Waals surface area contributed by atoms with Crippen LogP contribution in [0, 0.1) is 5.92 Å². The summed E-state index contributed by atoms with van der Waals surface area (Å²) in [6.07, 6.45) is 6.55. The summed E-state index contributed by atoms with van der Waals surface area (Å²) in [5, 5.41) is 10.8. The maximum Gasteiger partial charge on any atom is 0.0460 e. The van der Waals surface area contributed by atoms with Crippen molar-refractivity contribution in [2.75, 3.05) is 6.61 Å². The number of benzene rings is 1. The number of aliphatic hydroxyl groups is 1. The van der Waals surface area contributed by atoms with Crippen LogP contribution >= 0.6 is 22.6 Å². The summed E-state index contributed by atoms with van der Waals surface area (Å²) in [6, 6.07) is 6.62. The van der Waals surface area contributed by atoms with Gasteiger partial charge in [-0.3, -0.25) is 0 Å². The van der Waals surface area contributed by atoms with E-state index in [0.29, 0.717) is 11.8 Å². The Balaban J connectivity index is 2.00. The van der Waals surface area contributed by atoms with Gasteiger partial charge in [0.25, 0.3) is 0 Å². The van der Waals surface area contributed by atoms with Gasteiger partial charge in [-0.25, -0.2) is 0 Å². The second-order valence-electron chi connectivity index (χ2n) is 6.12. The number of aromatic nitrogens is 1. The predicted octanol–water partition coefficient (Wildman–Crippen LogP) is 4.24. The number of allylic oxidation sites excluding steroid dienone is 2. The van der Waals surface area contributed by atoms with Crippen molar-refractivity contribution in [1.29, 1.82) is 0 Å². The molecule has 1 heterocycles. The van der Waals surface area contributed by atoms with Crippen LogP contribution in [-0.4, -0.2) is 16.7 Å². The Morgan fingerprint density at radius 3 is 3.05 bits per heavy atom. The van der Waals surface area contributed by atoms with Gasteiger partial charge in [0.15, 0.2) is 0 Å². The van der Waals surface area contributed by atoms with Crippen molar-refractivity contribution in [3.05, 3.63) is 45.2 Å². The van der Waals surface area contributed by atoms with Crippen molar-refractivity contribution >= 4 is 33.5 Å². The molecule has 0 amide bonds. The van der Waals surface area contributed by atoms with Crippen LogP contribution < -0.4 is 0 Å². The first-order valence-corrected chi connectivity index (χ1v) is 8.37. The first-order valence-electron chi connectivity index (χ1n) is 7.29. The Hall–Kier alpha value is -0.810. The lowest BCUT2D eigenvalue weighted by molar-refractivity contribution is 0.261. The van der Waals surface area contributed by atoms with E-state index in [4.69, 9.17) is 0 Å². The topological polar surface area (TPSA) is 36.0 Å². The second-order valence-corrected chi connectivity index (χ2v) is 7.28. The zero-order chi connectivity index (χ0) is 13.9. The molecule has 0 bridgehead atoms. The van der Waals surface area contributed by atoms with Gasteiger partial charge in [-0.2, -0.15) is 0 Å². The highest BCUT2D eigenvalue weighted by Crippen LogP contribution is 2.64. The lowest BCUT2D eigenvalue weighted by atomic mass is 9.70. The third kappa shape index (κ3) is 1.38. The van der Waals surface area contributed by atoms with Gasteiger partial charge in [0.2, 0.25) is 0 Å². The van der Waals surface area contributed by atoms with E-state index in [-0.39, 0.29) is 12.0 Å². The molecule has 104 valence electrons. The van der Waals surface area contributed by atoms with Crippen LogP contribution in [0.5, 0.6) is 0 Å². The SMILES string of the molecule is C[C@@H]1C=C(I)[C@@]2(CCCO)c3cccc4[nH]cc(c34)[C@@H]12. The summed E-state index contributed by atoms with van der Waals surface area (Å²) in [5.74, 6) is 1.10. The molecule has 3 atom stereocenters. The van der Waals surface area contributed by atoms with E-state index < -0.39 is 0 Å². The van der Waals surface area contributed by atoms with E-state index in [0.717, 1.165) is 12.8 Å². The Bertz CT molecular complexity index is 717. The fourth-order valence-corrected chi connectivity index (χ4v) is 5.98. The van der Waals surface area contributed by atoms with E-state index >= 15 is 0 Å². The standard InChI is InChI=1S/C17H18INO/c1-10-8-14(18)17(6-3-7-20)12-4-2-5-13-15(12)11(9-19-13)16(10)17/h2,4-5,8-10,16,19-20H,3,6-7H2,1H3/t10-,16-,17-/m1/s1. The van der Waals surface area contributed by atoms with Crippen molar-refractivity contribution < 1.29 is 5.11 Å². The molecule has 2 aliphatic carbocycles. The predicted molar refractivity (Wildman–Crippen MR) is 90.3 cm³/mol. The fraction of sp³-hybridized carbons (Fsp3) is 0.412. The monoisotopic (exact) mass is 379 g/mol. The molecule has 2 aromatic rings. The van der Waals surface area contributed by atoms with E-state index in [2.05, 4.69) is 65.0 Å². The van der Waals surface area contributed by atoms with Crippen LogP contribution in [0.4, 0.5) is 0 Å². The molecule has 2 nitrogen and oxygen atoms in total. The highest BCUT2D eigenvalue weighted by Gasteiger charge is 2.54.